The van der Waals surface area contributed by atoms with E-state index in [0.29, 0.717) is 0 Å². The summed E-state index contributed by atoms with van der Waals surface area (Å²) in [6.45, 7) is 5.69. The lowest BCUT2D eigenvalue weighted by Gasteiger charge is -2.07. The first-order valence-electron chi connectivity index (χ1n) is 6.45. The molecule has 0 atom stereocenters. The molecule has 3 rings (SSSR count). The summed E-state index contributed by atoms with van der Waals surface area (Å²) in [7, 11) is 0. The van der Waals surface area contributed by atoms with Crippen molar-refractivity contribution in [3.05, 3.63) is 53.7 Å². The van der Waals surface area contributed by atoms with Crippen LogP contribution in [-0.2, 0) is 13.1 Å². The fourth-order valence-electron chi connectivity index (χ4n) is 2.48. The quantitative estimate of drug-likeness (QED) is 0.705. The van der Waals surface area contributed by atoms with Gasteiger partial charge >= 0.3 is 0 Å². The van der Waals surface area contributed by atoms with Gasteiger partial charge < -0.3 is 4.57 Å². The van der Waals surface area contributed by atoms with Gasteiger partial charge in [0.2, 0.25) is 0 Å². The lowest BCUT2D eigenvalue weighted by Crippen LogP contribution is -2.07. The van der Waals surface area contributed by atoms with Gasteiger partial charge in [0.1, 0.15) is 5.82 Å². The van der Waals surface area contributed by atoms with E-state index < -0.39 is 0 Å². The summed E-state index contributed by atoms with van der Waals surface area (Å²) in [5.74, 6) is -0.195. The van der Waals surface area contributed by atoms with Gasteiger partial charge in [-0.05, 0) is 44.2 Å². The zero-order valence-electron chi connectivity index (χ0n) is 11.1. The summed E-state index contributed by atoms with van der Waals surface area (Å²) >= 11 is 0. The average molecular weight is 257 g/mol. The molecular formula is C15H16FN3. The van der Waals surface area contributed by atoms with Gasteiger partial charge in [0.15, 0.2) is 0 Å². The van der Waals surface area contributed by atoms with Crippen LogP contribution in [0.5, 0.6) is 0 Å². The number of hydrogen-bond donors (Lipinski definition) is 0. The maximum atomic E-state index is 13.2. The molecule has 0 aliphatic carbocycles. The van der Waals surface area contributed by atoms with Gasteiger partial charge in [-0.2, -0.15) is 5.10 Å². The number of nitrogens with zero attached hydrogens (tertiary/aromatic N) is 3. The van der Waals surface area contributed by atoms with Gasteiger partial charge in [0, 0.05) is 23.6 Å². The Hall–Kier alpha value is -2.10. The Morgan fingerprint density at radius 2 is 2.05 bits per heavy atom. The molecule has 1 aromatic carbocycles. The van der Waals surface area contributed by atoms with E-state index in [1.165, 1.54) is 11.8 Å². The van der Waals surface area contributed by atoms with Crippen molar-refractivity contribution in [2.45, 2.75) is 26.9 Å². The van der Waals surface area contributed by atoms with Crippen LogP contribution in [0.25, 0.3) is 10.9 Å². The third-order valence-corrected chi connectivity index (χ3v) is 3.35. The predicted octanol–water partition coefficient (Wildman–Crippen LogP) is 3.35. The van der Waals surface area contributed by atoms with Crippen LogP contribution >= 0.6 is 0 Å². The van der Waals surface area contributed by atoms with Gasteiger partial charge in [-0.25, -0.2) is 4.39 Å². The van der Waals surface area contributed by atoms with Gasteiger partial charge in [0.25, 0.3) is 0 Å². The third kappa shape index (κ3) is 2.14. The summed E-state index contributed by atoms with van der Waals surface area (Å²) in [5, 5.41) is 5.38. The lowest BCUT2D eigenvalue weighted by atomic mass is 10.2. The number of fused-ring (bicyclic) bond motifs is 1. The molecule has 0 radical (unpaired) electrons. The Labute approximate surface area is 111 Å². The smallest absolute Gasteiger partial charge is 0.123 e. The Kier molecular flexibility index (Phi) is 2.85. The molecule has 0 aliphatic rings. The summed E-state index contributed by atoms with van der Waals surface area (Å²) in [5.41, 5.74) is 3.24. The van der Waals surface area contributed by atoms with E-state index in [9.17, 15) is 4.39 Å². The molecule has 0 bridgehead atoms. The number of halogens is 1. The molecule has 4 heteroatoms. The molecular weight excluding hydrogens is 241 g/mol. The van der Waals surface area contributed by atoms with E-state index in [1.807, 2.05) is 29.9 Å². The Bertz CT molecular complexity index is 724. The van der Waals surface area contributed by atoms with Crippen LogP contribution in [0.15, 0.2) is 36.5 Å². The van der Waals surface area contributed by atoms with Crippen LogP contribution in [0.4, 0.5) is 4.39 Å². The van der Waals surface area contributed by atoms with Gasteiger partial charge in [0.05, 0.1) is 17.9 Å². The van der Waals surface area contributed by atoms with Crippen LogP contribution in [0, 0.1) is 12.7 Å². The normalized spacial score (nSPS) is 11.3. The lowest BCUT2D eigenvalue weighted by molar-refractivity contribution is 0.601. The molecule has 0 aliphatic heterocycles. The van der Waals surface area contributed by atoms with Crippen molar-refractivity contribution in [2.75, 3.05) is 0 Å². The fraction of sp³-hybridized carbons (Fsp3) is 0.267. The molecule has 0 amide bonds. The largest absolute Gasteiger partial charge is 0.341 e. The van der Waals surface area contributed by atoms with Crippen molar-refractivity contribution < 1.29 is 4.39 Å². The molecule has 2 heterocycles. The average Bonchev–Trinajstić information content (AvgIpc) is 2.93. The molecule has 0 unspecified atom stereocenters. The van der Waals surface area contributed by atoms with E-state index in [0.717, 1.165) is 29.7 Å². The topological polar surface area (TPSA) is 22.8 Å². The van der Waals surface area contributed by atoms with E-state index in [2.05, 4.69) is 22.7 Å². The first kappa shape index (κ1) is 12.0. The van der Waals surface area contributed by atoms with Crippen molar-refractivity contribution >= 4 is 10.9 Å². The van der Waals surface area contributed by atoms with Crippen LogP contribution in [-0.4, -0.2) is 14.3 Å². The minimum absolute atomic E-state index is 0.195. The molecule has 19 heavy (non-hydrogen) atoms. The minimum atomic E-state index is -0.195. The number of hydrogen-bond acceptors (Lipinski definition) is 1. The van der Waals surface area contributed by atoms with Crippen LogP contribution in [0.2, 0.25) is 0 Å². The van der Waals surface area contributed by atoms with Crippen molar-refractivity contribution in [1.29, 1.82) is 0 Å². The summed E-state index contributed by atoms with van der Waals surface area (Å²) in [4.78, 5) is 0. The van der Waals surface area contributed by atoms with Crippen molar-refractivity contribution in [2.24, 2.45) is 0 Å². The third-order valence-electron chi connectivity index (χ3n) is 3.35. The molecule has 98 valence electrons. The molecule has 2 aromatic heterocycles. The van der Waals surface area contributed by atoms with Crippen molar-refractivity contribution in [3.8, 4) is 0 Å². The van der Waals surface area contributed by atoms with Crippen LogP contribution < -0.4 is 0 Å². The highest BCUT2D eigenvalue weighted by molar-refractivity contribution is 5.80. The Morgan fingerprint density at radius 3 is 2.84 bits per heavy atom. The second-order valence-electron chi connectivity index (χ2n) is 4.74. The SMILES string of the molecule is CCn1nc(C)cc1Cn1ccc2cc(F)ccc21. The van der Waals surface area contributed by atoms with Crippen molar-refractivity contribution in [3.63, 3.8) is 0 Å². The summed E-state index contributed by atoms with van der Waals surface area (Å²) < 4.78 is 17.3. The van der Waals surface area contributed by atoms with Gasteiger partial charge in [-0.15, -0.1) is 0 Å². The maximum absolute atomic E-state index is 13.2. The number of benzene rings is 1. The first-order chi connectivity index (χ1) is 9.17. The second kappa shape index (κ2) is 4.53. The Morgan fingerprint density at radius 1 is 1.21 bits per heavy atom. The van der Waals surface area contributed by atoms with Crippen LogP contribution in [0.3, 0.4) is 0 Å². The van der Waals surface area contributed by atoms with Gasteiger partial charge in [-0.1, -0.05) is 0 Å². The second-order valence-corrected chi connectivity index (χ2v) is 4.74. The number of aromatic nitrogens is 3. The number of aryl methyl sites for hydroxylation is 2. The van der Waals surface area contributed by atoms with E-state index in [-0.39, 0.29) is 5.82 Å². The zero-order valence-corrected chi connectivity index (χ0v) is 11.1. The molecule has 3 nitrogen and oxygen atoms in total. The molecule has 0 fully saturated rings. The standard InChI is InChI=1S/C15H16FN3/c1-3-19-14(8-11(2)17-19)10-18-7-6-12-9-13(16)4-5-15(12)18/h4-9H,3,10H2,1-2H3. The zero-order chi connectivity index (χ0) is 13.4. The highest BCUT2D eigenvalue weighted by Crippen LogP contribution is 2.18. The predicted molar refractivity (Wildman–Crippen MR) is 73.6 cm³/mol. The first-order valence-corrected chi connectivity index (χ1v) is 6.45. The number of rotatable bonds is 3. The highest BCUT2D eigenvalue weighted by atomic mass is 19.1. The monoisotopic (exact) mass is 257 g/mol. The summed E-state index contributed by atoms with van der Waals surface area (Å²) in [6, 6.07) is 8.93. The molecule has 3 aromatic rings. The summed E-state index contributed by atoms with van der Waals surface area (Å²) in [6.07, 6.45) is 1.99. The van der Waals surface area contributed by atoms with E-state index in [4.69, 9.17) is 0 Å². The van der Waals surface area contributed by atoms with E-state index in [1.54, 1.807) is 6.07 Å². The van der Waals surface area contributed by atoms with Crippen molar-refractivity contribution in [1.82, 2.24) is 14.3 Å². The highest BCUT2D eigenvalue weighted by Gasteiger charge is 2.07. The van der Waals surface area contributed by atoms with E-state index >= 15 is 0 Å². The molecule has 0 N–H and O–H groups in total. The van der Waals surface area contributed by atoms with Gasteiger partial charge in [-0.3, -0.25) is 4.68 Å². The molecule has 0 spiro atoms. The minimum Gasteiger partial charge on any atom is -0.341 e. The maximum Gasteiger partial charge on any atom is 0.123 e. The van der Waals surface area contributed by atoms with Crippen LogP contribution in [0.1, 0.15) is 18.3 Å². The fourth-order valence-corrected chi connectivity index (χ4v) is 2.48. The molecule has 0 saturated heterocycles. The Balaban J connectivity index is 2.01. The molecule has 0 saturated carbocycles.